The first-order valence-electron chi connectivity index (χ1n) is 6.13. The first-order chi connectivity index (χ1) is 9.40. The lowest BCUT2D eigenvalue weighted by molar-refractivity contribution is -0.164. The number of benzene rings is 1. The van der Waals surface area contributed by atoms with Crippen molar-refractivity contribution in [1.82, 2.24) is 0 Å². The molecule has 1 aliphatic heterocycles. The van der Waals surface area contributed by atoms with Crippen LogP contribution >= 0.6 is 11.8 Å². The van der Waals surface area contributed by atoms with E-state index in [2.05, 4.69) is 0 Å². The van der Waals surface area contributed by atoms with Crippen molar-refractivity contribution in [3.05, 3.63) is 30.3 Å². The zero-order valence-electron chi connectivity index (χ0n) is 11.2. The number of halogens is 1. The first-order valence-corrected chi connectivity index (χ1v) is 7.01. The van der Waals surface area contributed by atoms with Crippen molar-refractivity contribution in [1.29, 1.82) is 0 Å². The molecule has 0 N–H and O–H groups in total. The van der Waals surface area contributed by atoms with Gasteiger partial charge in [0, 0.05) is 10.3 Å². The van der Waals surface area contributed by atoms with Gasteiger partial charge in [0.25, 0.3) is 0 Å². The van der Waals surface area contributed by atoms with Crippen molar-refractivity contribution >= 4 is 23.7 Å². The average molecular weight is 298 g/mol. The van der Waals surface area contributed by atoms with Gasteiger partial charge in [0.2, 0.25) is 11.6 Å². The Kier molecular flexibility index (Phi) is 4.32. The molecule has 108 valence electrons. The molecule has 1 aromatic carbocycles. The van der Waals surface area contributed by atoms with Crippen LogP contribution in [0.5, 0.6) is 0 Å². The monoisotopic (exact) mass is 298 g/mol. The van der Waals surface area contributed by atoms with Gasteiger partial charge in [-0.25, -0.2) is 14.0 Å². The van der Waals surface area contributed by atoms with Crippen molar-refractivity contribution in [2.24, 2.45) is 5.41 Å². The number of esters is 2. The zero-order valence-corrected chi connectivity index (χ0v) is 12.0. The Morgan fingerprint density at radius 1 is 1.45 bits per heavy atom. The Morgan fingerprint density at radius 3 is 2.65 bits per heavy atom. The highest BCUT2D eigenvalue weighted by atomic mass is 32.2. The van der Waals surface area contributed by atoms with Crippen LogP contribution in [-0.2, 0) is 19.1 Å². The molecule has 0 bridgehead atoms. The minimum Gasteiger partial charge on any atom is -0.462 e. The highest BCUT2D eigenvalue weighted by molar-refractivity contribution is 8.00. The summed E-state index contributed by atoms with van der Waals surface area (Å²) < 4.78 is 23.6. The van der Waals surface area contributed by atoms with Gasteiger partial charge in [0.05, 0.1) is 0 Å². The number of hydrogen-bond acceptors (Lipinski definition) is 5. The van der Waals surface area contributed by atoms with Crippen LogP contribution in [0.15, 0.2) is 35.2 Å². The molecular weight excluding hydrogens is 283 g/mol. The molecule has 4 nitrogen and oxygen atoms in total. The van der Waals surface area contributed by atoms with Gasteiger partial charge in [-0.3, -0.25) is 0 Å². The Bertz CT molecular complexity index is 503. The van der Waals surface area contributed by atoms with Crippen LogP contribution in [0.2, 0.25) is 0 Å². The summed E-state index contributed by atoms with van der Waals surface area (Å²) in [6, 6.07) is 8.68. The number of thioether (sulfide) groups is 1. The van der Waals surface area contributed by atoms with E-state index < -0.39 is 29.0 Å². The molecule has 0 saturated carbocycles. The van der Waals surface area contributed by atoms with Crippen LogP contribution in [0, 0.1) is 5.41 Å². The van der Waals surface area contributed by atoms with Crippen LogP contribution in [-0.4, -0.2) is 30.2 Å². The maximum atomic E-state index is 13.9. The van der Waals surface area contributed by atoms with Gasteiger partial charge in [-0.2, -0.15) is 0 Å². The van der Waals surface area contributed by atoms with E-state index in [0.29, 0.717) is 4.90 Å². The molecule has 1 heterocycles. The van der Waals surface area contributed by atoms with E-state index in [9.17, 15) is 14.0 Å². The Balaban J connectivity index is 1.96. The zero-order chi connectivity index (χ0) is 14.8. The Morgan fingerprint density at radius 2 is 2.10 bits per heavy atom. The number of ether oxygens (including phenoxy) is 2. The van der Waals surface area contributed by atoms with Gasteiger partial charge < -0.3 is 9.47 Å². The van der Waals surface area contributed by atoms with Crippen molar-refractivity contribution in [3.63, 3.8) is 0 Å². The predicted octanol–water partition coefficient (Wildman–Crippen LogP) is 2.57. The number of carbonyl (C=O) groups excluding carboxylic acids is 2. The molecule has 2 atom stereocenters. The van der Waals surface area contributed by atoms with Crippen molar-refractivity contribution in [3.8, 4) is 0 Å². The molecule has 20 heavy (non-hydrogen) atoms. The van der Waals surface area contributed by atoms with Gasteiger partial charge >= 0.3 is 11.9 Å². The third-order valence-corrected chi connectivity index (χ3v) is 3.86. The molecular formula is C14H15FO4S. The standard InChI is InChI=1S/C14H15FO4S/c1-14(2)8-18-12(16)10(14)19-13(17)11(15)20-9-6-4-3-5-7-9/h3-7,10-11H,8H2,1-2H3/t10-,11-/m0/s1. The van der Waals surface area contributed by atoms with Crippen molar-refractivity contribution in [2.75, 3.05) is 6.61 Å². The van der Waals surface area contributed by atoms with Crippen molar-refractivity contribution in [2.45, 2.75) is 30.4 Å². The maximum Gasteiger partial charge on any atom is 0.352 e. The molecule has 0 amide bonds. The van der Waals surface area contributed by atoms with Crippen LogP contribution in [0.4, 0.5) is 4.39 Å². The van der Waals surface area contributed by atoms with E-state index in [1.54, 1.807) is 44.2 Å². The van der Waals surface area contributed by atoms with Crippen molar-refractivity contribution < 1.29 is 23.5 Å². The van der Waals surface area contributed by atoms with E-state index in [1.807, 2.05) is 0 Å². The van der Waals surface area contributed by atoms with Gasteiger partial charge in [0.1, 0.15) is 6.61 Å². The lowest BCUT2D eigenvalue weighted by Crippen LogP contribution is -2.36. The summed E-state index contributed by atoms with van der Waals surface area (Å²) in [5, 5.41) is 0. The summed E-state index contributed by atoms with van der Waals surface area (Å²) in [7, 11) is 0. The quantitative estimate of drug-likeness (QED) is 0.631. The number of alkyl halides is 1. The lowest BCUT2D eigenvalue weighted by Gasteiger charge is -2.22. The highest BCUT2D eigenvalue weighted by Crippen LogP contribution is 2.33. The average Bonchev–Trinajstić information content (AvgIpc) is 2.66. The van der Waals surface area contributed by atoms with Crippen LogP contribution in [0.1, 0.15) is 13.8 Å². The molecule has 1 fully saturated rings. The second-order valence-corrected chi connectivity index (χ2v) is 6.28. The third-order valence-electron chi connectivity index (χ3n) is 2.91. The molecule has 2 rings (SSSR count). The molecule has 6 heteroatoms. The Hall–Kier alpha value is -1.56. The van der Waals surface area contributed by atoms with Gasteiger partial charge in [-0.05, 0) is 12.1 Å². The summed E-state index contributed by atoms with van der Waals surface area (Å²) in [5.74, 6) is -1.68. The molecule has 0 aliphatic carbocycles. The number of cyclic esters (lactones) is 1. The normalized spacial score (nSPS) is 22.1. The van der Waals surface area contributed by atoms with Gasteiger partial charge in [-0.1, -0.05) is 43.8 Å². The fourth-order valence-electron chi connectivity index (χ4n) is 1.77. The second kappa shape index (κ2) is 5.83. The predicted molar refractivity (Wildman–Crippen MR) is 71.8 cm³/mol. The molecule has 0 aromatic heterocycles. The maximum absolute atomic E-state index is 13.9. The summed E-state index contributed by atoms with van der Waals surface area (Å²) in [6.07, 6.45) is -1.05. The third kappa shape index (κ3) is 3.30. The van der Waals surface area contributed by atoms with E-state index in [4.69, 9.17) is 9.47 Å². The summed E-state index contributed by atoms with van der Waals surface area (Å²) in [4.78, 5) is 23.8. The van der Waals surface area contributed by atoms with Gasteiger partial charge in [-0.15, -0.1) is 0 Å². The molecule has 0 spiro atoms. The molecule has 1 aromatic rings. The summed E-state index contributed by atoms with van der Waals surface area (Å²) in [6.45, 7) is 3.62. The number of hydrogen-bond donors (Lipinski definition) is 0. The number of rotatable bonds is 4. The molecule has 0 unspecified atom stereocenters. The second-order valence-electron chi connectivity index (χ2n) is 5.16. The molecule has 1 aliphatic rings. The van der Waals surface area contributed by atoms with E-state index in [1.165, 1.54) is 0 Å². The highest BCUT2D eigenvalue weighted by Gasteiger charge is 2.47. The lowest BCUT2D eigenvalue weighted by atomic mass is 9.90. The topological polar surface area (TPSA) is 52.6 Å². The fraction of sp³-hybridized carbons (Fsp3) is 0.429. The molecule has 1 saturated heterocycles. The summed E-state index contributed by atoms with van der Waals surface area (Å²) in [5.41, 5.74) is -2.51. The molecule has 0 radical (unpaired) electrons. The number of carbonyl (C=O) groups is 2. The van der Waals surface area contributed by atoms with E-state index in [-0.39, 0.29) is 6.61 Å². The minimum atomic E-state index is -1.87. The van der Waals surface area contributed by atoms with E-state index in [0.717, 1.165) is 11.8 Å². The first kappa shape index (κ1) is 14.8. The van der Waals surface area contributed by atoms with Crippen LogP contribution in [0.25, 0.3) is 0 Å². The minimum absolute atomic E-state index is 0.159. The largest absolute Gasteiger partial charge is 0.462 e. The van der Waals surface area contributed by atoms with E-state index >= 15 is 0 Å². The SMILES string of the molecule is CC1(C)COC(=O)[C@@H]1OC(=O)[C@@H](F)Sc1ccccc1. The fourth-order valence-corrected chi connectivity index (χ4v) is 2.48. The Labute approximate surface area is 120 Å². The van der Waals surface area contributed by atoms with Crippen LogP contribution in [0.3, 0.4) is 0 Å². The summed E-state index contributed by atoms with van der Waals surface area (Å²) >= 11 is 0.743. The van der Waals surface area contributed by atoms with Gasteiger partial charge in [0.15, 0.2) is 0 Å². The van der Waals surface area contributed by atoms with Crippen LogP contribution < -0.4 is 0 Å². The smallest absolute Gasteiger partial charge is 0.352 e.